The molecular weight excluding hydrogens is 260 g/mol. The summed E-state index contributed by atoms with van der Waals surface area (Å²) in [6.07, 6.45) is 4.58. The number of rotatable bonds is 7. The Labute approximate surface area is 120 Å². The monoisotopic (exact) mass is 280 g/mol. The van der Waals surface area contributed by atoms with E-state index in [2.05, 4.69) is 22.6 Å². The molecule has 104 valence electrons. The van der Waals surface area contributed by atoms with Crippen molar-refractivity contribution < 1.29 is 4.52 Å². The summed E-state index contributed by atoms with van der Waals surface area (Å²) >= 11 is 0. The van der Waals surface area contributed by atoms with Crippen LogP contribution in [0.2, 0.25) is 0 Å². The van der Waals surface area contributed by atoms with Crippen LogP contribution in [-0.4, -0.2) is 18.7 Å². The van der Waals surface area contributed by atoms with E-state index in [0.717, 1.165) is 36.4 Å². The molecule has 19 heavy (non-hydrogen) atoms. The van der Waals surface area contributed by atoms with Gasteiger partial charge in [0.05, 0.1) is 0 Å². The molecule has 0 saturated heterocycles. The van der Waals surface area contributed by atoms with Gasteiger partial charge >= 0.3 is 0 Å². The first-order valence-corrected chi connectivity index (χ1v) is 6.56. The lowest BCUT2D eigenvalue weighted by Gasteiger charge is -1.97. The van der Waals surface area contributed by atoms with E-state index in [1.54, 1.807) is 0 Å². The molecule has 0 spiro atoms. The van der Waals surface area contributed by atoms with Crippen molar-refractivity contribution in [2.24, 2.45) is 0 Å². The van der Waals surface area contributed by atoms with Crippen LogP contribution in [0.15, 0.2) is 40.9 Å². The summed E-state index contributed by atoms with van der Waals surface area (Å²) < 4.78 is 5.36. The lowest BCUT2D eigenvalue weighted by Crippen LogP contribution is -2.07. The van der Waals surface area contributed by atoms with E-state index in [4.69, 9.17) is 4.52 Å². The van der Waals surface area contributed by atoms with Gasteiger partial charge in [-0.15, -0.1) is 12.4 Å². The Morgan fingerprint density at radius 2 is 1.89 bits per heavy atom. The van der Waals surface area contributed by atoms with Crippen molar-refractivity contribution in [2.45, 2.75) is 25.7 Å². The van der Waals surface area contributed by atoms with Crippen molar-refractivity contribution in [1.29, 1.82) is 0 Å². The van der Waals surface area contributed by atoms with E-state index in [9.17, 15) is 0 Å². The van der Waals surface area contributed by atoms with Crippen LogP contribution < -0.4 is 5.32 Å². The van der Waals surface area contributed by atoms with Crippen LogP contribution in [0.25, 0.3) is 11.3 Å². The second-order valence-corrected chi connectivity index (χ2v) is 4.46. The summed E-state index contributed by atoms with van der Waals surface area (Å²) in [4.78, 5) is 0. The first kappa shape index (κ1) is 15.7. The summed E-state index contributed by atoms with van der Waals surface area (Å²) in [7, 11) is 1.99. The molecule has 4 heteroatoms. The summed E-state index contributed by atoms with van der Waals surface area (Å²) in [5.41, 5.74) is 2.04. The Bertz CT molecular complexity index is 456. The third kappa shape index (κ3) is 5.05. The zero-order valence-corrected chi connectivity index (χ0v) is 12.1. The average Bonchev–Trinajstić information content (AvgIpc) is 2.88. The van der Waals surface area contributed by atoms with Crippen LogP contribution in [0.1, 0.15) is 25.0 Å². The van der Waals surface area contributed by atoms with E-state index in [-0.39, 0.29) is 12.4 Å². The predicted octanol–water partition coefficient (Wildman–Crippen LogP) is 3.70. The number of benzene rings is 1. The van der Waals surface area contributed by atoms with Crippen molar-refractivity contribution in [2.75, 3.05) is 13.6 Å². The SMILES string of the molecule is CNCCCCCc1cc(-c2ccccc2)no1.Cl. The van der Waals surface area contributed by atoms with Crippen LogP contribution in [0, 0.1) is 0 Å². The number of aromatic nitrogens is 1. The Kier molecular flexibility index (Phi) is 7.23. The second-order valence-electron chi connectivity index (χ2n) is 4.46. The third-order valence-corrected chi connectivity index (χ3v) is 2.98. The molecule has 1 aromatic heterocycles. The van der Waals surface area contributed by atoms with Gasteiger partial charge in [0.15, 0.2) is 0 Å². The van der Waals surface area contributed by atoms with Crippen molar-refractivity contribution in [1.82, 2.24) is 10.5 Å². The molecule has 2 rings (SSSR count). The highest BCUT2D eigenvalue weighted by Gasteiger charge is 2.05. The summed E-state index contributed by atoms with van der Waals surface area (Å²) in [5.74, 6) is 0.985. The van der Waals surface area contributed by atoms with Crippen molar-refractivity contribution in [3.63, 3.8) is 0 Å². The lowest BCUT2D eigenvalue weighted by atomic mass is 10.1. The quantitative estimate of drug-likeness (QED) is 0.786. The minimum atomic E-state index is 0. The number of unbranched alkanes of at least 4 members (excludes halogenated alkanes) is 2. The number of aryl methyl sites for hydroxylation is 1. The molecule has 0 bridgehead atoms. The van der Waals surface area contributed by atoms with Gasteiger partial charge in [-0.1, -0.05) is 41.9 Å². The van der Waals surface area contributed by atoms with Gasteiger partial charge in [0.2, 0.25) is 0 Å². The normalized spacial score (nSPS) is 10.2. The Hall–Kier alpha value is -1.32. The molecule has 0 aliphatic carbocycles. The van der Waals surface area contributed by atoms with Crippen LogP contribution in [0.5, 0.6) is 0 Å². The molecule has 0 radical (unpaired) electrons. The molecule has 2 aromatic rings. The molecule has 0 aliphatic rings. The molecule has 1 N–H and O–H groups in total. The van der Waals surface area contributed by atoms with Gasteiger partial charge in [0.1, 0.15) is 11.5 Å². The average molecular weight is 281 g/mol. The summed E-state index contributed by atoms with van der Waals surface area (Å²) in [6.45, 7) is 1.09. The van der Waals surface area contributed by atoms with Gasteiger partial charge in [-0.2, -0.15) is 0 Å². The fraction of sp³-hybridized carbons (Fsp3) is 0.400. The highest BCUT2D eigenvalue weighted by atomic mass is 35.5. The van der Waals surface area contributed by atoms with Crippen molar-refractivity contribution in [3.05, 3.63) is 42.2 Å². The maximum Gasteiger partial charge on any atom is 0.137 e. The van der Waals surface area contributed by atoms with Gasteiger partial charge in [-0.05, 0) is 26.4 Å². The van der Waals surface area contributed by atoms with E-state index in [1.165, 1.54) is 12.8 Å². The zero-order chi connectivity index (χ0) is 12.6. The van der Waals surface area contributed by atoms with E-state index in [1.807, 2.05) is 31.3 Å². The molecule has 1 aromatic carbocycles. The Morgan fingerprint density at radius 1 is 1.11 bits per heavy atom. The summed E-state index contributed by atoms with van der Waals surface area (Å²) in [6, 6.07) is 12.2. The number of hydrogen-bond acceptors (Lipinski definition) is 3. The molecule has 1 heterocycles. The number of halogens is 1. The second kappa shape index (κ2) is 8.73. The Morgan fingerprint density at radius 3 is 2.63 bits per heavy atom. The first-order chi connectivity index (χ1) is 8.90. The lowest BCUT2D eigenvalue weighted by molar-refractivity contribution is 0.380. The van der Waals surface area contributed by atoms with Crippen LogP contribution in [0.3, 0.4) is 0 Å². The van der Waals surface area contributed by atoms with Crippen molar-refractivity contribution >= 4 is 12.4 Å². The zero-order valence-electron chi connectivity index (χ0n) is 11.3. The fourth-order valence-electron chi connectivity index (χ4n) is 1.95. The molecule has 0 amide bonds. The fourth-order valence-corrected chi connectivity index (χ4v) is 1.95. The maximum atomic E-state index is 5.36. The van der Waals surface area contributed by atoms with E-state index in [0.29, 0.717) is 0 Å². The number of nitrogens with one attached hydrogen (secondary N) is 1. The molecule has 0 atom stereocenters. The van der Waals surface area contributed by atoms with Gasteiger partial charge in [-0.25, -0.2) is 0 Å². The smallest absolute Gasteiger partial charge is 0.137 e. The Balaban J connectivity index is 0.00000180. The largest absolute Gasteiger partial charge is 0.361 e. The topological polar surface area (TPSA) is 38.1 Å². The third-order valence-electron chi connectivity index (χ3n) is 2.98. The van der Waals surface area contributed by atoms with Crippen LogP contribution in [0.4, 0.5) is 0 Å². The van der Waals surface area contributed by atoms with Crippen molar-refractivity contribution in [3.8, 4) is 11.3 Å². The summed E-state index contributed by atoms with van der Waals surface area (Å²) in [5, 5.41) is 7.27. The highest BCUT2D eigenvalue weighted by molar-refractivity contribution is 5.85. The minimum absolute atomic E-state index is 0. The molecule has 0 fully saturated rings. The van der Waals surface area contributed by atoms with Crippen LogP contribution >= 0.6 is 12.4 Å². The van der Waals surface area contributed by atoms with Gasteiger partial charge in [-0.3, -0.25) is 0 Å². The number of hydrogen-bond donors (Lipinski definition) is 1. The van der Waals surface area contributed by atoms with E-state index >= 15 is 0 Å². The number of nitrogens with zero attached hydrogens (tertiary/aromatic N) is 1. The molecular formula is C15H21ClN2O. The molecule has 0 saturated carbocycles. The highest BCUT2D eigenvalue weighted by Crippen LogP contribution is 2.19. The first-order valence-electron chi connectivity index (χ1n) is 6.56. The van der Waals surface area contributed by atoms with Gasteiger partial charge < -0.3 is 9.84 Å². The van der Waals surface area contributed by atoms with Crippen LogP contribution in [-0.2, 0) is 6.42 Å². The molecule has 0 aliphatic heterocycles. The van der Waals surface area contributed by atoms with E-state index < -0.39 is 0 Å². The standard InChI is InChI=1S/C15H20N2O.ClH/c1-16-11-7-3-6-10-14-12-15(17-18-14)13-8-4-2-5-9-13;/h2,4-5,8-9,12,16H,3,6-7,10-11H2,1H3;1H. The maximum absolute atomic E-state index is 5.36. The van der Waals surface area contributed by atoms with Gasteiger partial charge in [0.25, 0.3) is 0 Å². The molecule has 3 nitrogen and oxygen atoms in total. The predicted molar refractivity (Wildman–Crippen MR) is 80.7 cm³/mol. The minimum Gasteiger partial charge on any atom is -0.361 e. The van der Waals surface area contributed by atoms with Gasteiger partial charge in [0, 0.05) is 18.1 Å². The molecule has 0 unspecified atom stereocenters.